The van der Waals surface area contributed by atoms with Crippen LogP contribution in [0.3, 0.4) is 0 Å². The van der Waals surface area contributed by atoms with E-state index < -0.39 is 0 Å². The summed E-state index contributed by atoms with van der Waals surface area (Å²) in [6.45, 7) is 0. The zero-order valence-corrected chi connectivity index (χ0v) is 13.7. The van der Waals surface area contributed by atoms with Crippen molar-refractivity contribution in [2.75, 3.05) is 5.32 Å². The van der Waals surface area contributed by atoms with Crippen LogP contribution < -0.4 is 5.32 Å². The number of nitrogens with one attached hydrogen (secondary N) is 1. The average molecular weight is 350 g/mol. The maximum Gasteiger partial charge on any atom is 0.276 e. The van der Waals surface area contributed by atoms with Crippen LogP contribution >= 0.6 is 11.6 Å². The number of anilines is 1. The third kappa shape index (κ3) is 3.09. The molecule has 25 heavy (non-hydrogen) atoms. The summed E-state index contributed by atoms with van der Waals surface area (Å²) < 4.78 is 5.71. The molecule has 0 saturated heterocycles. The van der Waals surface area contributed by atoms with E-state index in [9.17, 15) is 4.79 Å². The van der Waals surface area contributed by atoms with Gasteiger partial charge >= 0.3 is 0 Å². The third-order valence-electron chi connectivity index (χ3n) is 3.74. The predicted octanol–water partition coefficient (Wildman–Crippen LogP) is 4.38. The summed E-state index contributed by atoms with van der Waals surface area (Å²) in [4.78, 5) is 11.9. The van der Waals surface area contributed by atoms with Gasteiger partial charge in [-0.3, -0.25) is 4.79 Å². The molecule has 122 valence electrons. The van der Waals surface area contributed by atoms with Crippen LogP contribution in [0.1, 0.15) is 11.3 Å². The van der Waals surface area contributed by atoms with Gasteiger partial charge in [0.1, 0.15) is 11.5 Å². The number of carbonyl (C=O) groups is 1. The fourth-order valence-electron chi connectivity index (χ4n) is 2.54. The van der Waals surface area contributed by atoms with Crippen LogP contribution in [-0.4, -0.2) is 17.8 Å². The number of para-hydroxylation sites is 1. The molecule has 2 heterocycles. The molecule has 5 nitrogen and oxygen atoms in total. The molecular formula is C19H12ClN3O2. The van der Waals surface area contributed by atoms with E-state index in [0.717, 1.165) is 16.8 Å². The molecule has 1 aromatic heterocycles. The molecule has 0 radical (unpaired) electrons. The number of fused-ring (bicyclic) bond motifs is 1. The van der Waals surface area contributed by atoms with Crippen molar-refractivity contribution in [3.8, 4) is 11.3 Å². The van der Waals surface area contributed by atoms with E-state index >= 15 is 0 Å². The Morgan fingerprint density at radius 1 is 1.00 bits per heavy atom. The second kappa shape index (κ2) is 6.37. The van der Waals surface area contributed by atoms with E-state index in [0.29, 0.717) is 16.5 Å². The van der Waals surface area contributed by atoms with E-state index in [2.05, 4.69) is 15.5 Å². The first kappa shape index (κ1) is 15.4. The van der Waals surface area contributed by atoms with E-state index in [4.69, 9.17) is 16.0 Å². The molecule has 1 aliphatic rings. The molecule has 3 aromatic rings. The molecule has 0 bridgehead atoms. The molecule has 1 amide bonds. The van der Waals surface area contributed by atoms with E-state index in [1.54, 1.807) is 18.2 Å². The van der Waals surface area contributed by atoms with Crippen LogP contribution in [0.5, 0.6) is 0 Å². The quantitative estimate of drug-likeness (QED) is 0.563. The van der Waals surface area contributed by atoms with Gasteiger partial charge < -0.3 is 9.73 Å². The van der Waals surface area contributed by atoms with Gasteiger partial charge in [-0.25, -0.2) is 0 Å². The van der Waals surface area contributed by atoms with Crippen molar-refractivity contribution in [3.63, 3.8) is 0 Å². The molecule has 0 aliphatic carbocycles. The summed E-state index contributed by atoms with van der Waals surface area (Å²) in [7, 11) is 0. The Bertz CT molecular complexity index is 1000. The Morgan fingerprint density at radius 3 is 2.64 bits per heavy atom. The van der Waals surface area contributed by atoms with Crippen LogP contribution in [0, 0.1) is 0 Å². The van der Waals surface area contributed by atoms with Crippen LogP contribution in [-0.2, 0) is 4.79 Å². The highest BCUT2D eigenvalue weighted by molar-refractivity contribution is 6.53. The minimum Gasteiger partial charge on any atom is -0.455 e. The summed E-state index contributed by atoms with van der Waals surface area (Å²) in [5.41, 5.74) is 2.69. The Morgan fingerprint density at radius 2 is 1.80 bits per heavy atom. The van der Waals surface area contributed by atoms with Crippen LogP contribution in [0.15, 0.2) is 75.3 Å². The fourth-order valence-corrected chi connectivity index (χ4v) is 2.66. The summed E-state index contributed by atoms with van der Waals surface area (Å²) in [6, 6.07) is 18.3. The molecular weight excluding hydrogens is 338 g/mol. The van der Waals surface area contributed by atoms with Crippen molar-refractivity contribution < 1.29 is 9.21 Å². The van der Waals surface area contributed by atoms with Gasteiger partial charge in [-0.05, 0) is 42.5 Å². The lowest BCUT2D eigenvalue weighted by molar-refractivity contribution is -0.110. The zero-order valence-electron chi connectivity index (χ0n) is 12.9. The Hall–Kier alpha value is -3.18. The largest absolute Gasteiger partial charge is 0.455 e. The second-order valence-corrected chi connectivity index (χ2v) is 5.84. The molecule has 0 unspecified atom stereocenters. The lowest BCUT2D eigenvalue weighted by Crippen LogP contribution is -2.13. The SMILES string of the molecule is O=C1Nc2ccccc2/C1=N\N=C\c1ccc(-c2ccc(Cl)cc2)o1. The lowest BCUT2D eigenvalue weighted by Gasteiger charge is -1.96. The number of halogens is 1. The van der Waals surface area contributed by atoms with Gasteiger partial charge in [0.25, 0.3) is 5.91 Å². The highest BCUT2D eigenvalue weighted by Crippen LogP contribution is 2.24. The minimum absolute atomic E-state index is 0.264. The first-order valence-corrected chi connectivity index (χ1v) is 7.96. The normalized spacial score (nSPS) is 14.9. The summed E-state index contributed by atoms with van der Waals surface area (Å²) in [5.74, 6) is 0.982. The number of carbonyl (C=O) groups excluding carboxylic acids is 1. The average Bonchev–Trinajstić information content (AvgIpc) is 3.21. The van der Waals surface area contributed by atoms with Gasteiger partial charge in [0.15, 0.2) is 5.71 Å². The number of amides is 1. The van der Waals surface area contributed by atoms with Crippen LogP contribution in [0.4, 0.5) is 5.69 Å². The maximum atomic E-state index is 11.9. The third-order valence-corrected chi connectivity index (χ3v) is 4.00. The van der Waals surface area contributed by atoms with Crippen LogP contribution in [0.2, 0.25) is 5.02 Å². The molecule has 4 rings (SSSR count). The zero-order chi connectivity index (χ0) is 17.2. The van der Waals surface area contributed by atoms with Gasteiger partial charge in [0.2, 0.25) is 0 Å². The van der Waals surface area contributed by atoms with Crippen molar-refractivity contribution in [3.05, 3.63) is 77.0 Å². The number of furan rings is 1. The van der Waals surface area contributed by atoms with Crippen molar-refractivity contribution in [2.24, 2.45) is 10.2 Å². The van der Waals surface area contributed by atoms with Gasteiger partial charge in [-0.2, -0.15) is 5.10 Å². The standard InChI is InChI=1S/C19H12ClN3O2/c20-13-7-5-12(6-8-13)17-10-9-14(25-17)11-21-23-18-15-3-1-2-4-16(15)22-19(18)24/h1-11H,(H,22,23,24)/b21-11+. The van der Waals surface area contributed by atoms with Crippen molar-refractivity contribution in [2.45, 2.75) is 0 Å². The molecule has 6 heteroatoms. The highest BCUT2D eigenvalue weighted by atomic mass is 35.5. The fraction of sp³-hybridized carbons (Fsp3) is 0. The molecule has 1 aliphatic heterocycles. The number of nitrogens with zero attached hydrogens (tertiary/aromatic N) is 2. The smallest absolute Gasteiger partial charge is 0.276 e. The molecule has 0 spiro atoms. The predicted molar refractivity (Wildman–Crippen MR) is 98.4 cm³/mol. The Kier molecular flexibility index (Phi) is 3.91. The molecule has 0 atom stereocenters. The maximum absolute atomic E-state index is 11.9. The van der Waals surface area contributed by atoms with Gasteiger partial charge in [0.05, 0.1) is 11.9 Å². The first-order chi connectivity index (χ1) is 12.2. The highest BCUT2D eigenvalue weighted by Gasteiger charge is 2.25. The second-order valence-electron chi connectivity index (χ2n) is 5.40. The van der Waals surface area contributed by atoms with E-state index in [-0.39, 0.29) is 11.6 Å². The number of hydrogen-bond acceptors (Lipinski definition) is 4. The molecule has 1 N–H and O–H groups in total. The Balaban J connectivity index is 1.55. The Labute approximate surface area is 148 Å². The first-order valence-electron chi connectivity index (χ1n) is 7.58. The van der Waals surface area contributed by atoms with Crippen molar-refractivity contribution >= 4 is 35.1 Å². The van der Waals surface area contributed by atoms with Crippen molar-refractivity contribution in [1.29, 1.82) is 0 Å². The topological polar surface area (TPSA) is 67.0 Å². The lowest BCUT2D eigenvalue weighted by atomic mass is 10.1. The molecule has 0 saturated carbocycles. The van der Waals surface area contributed by atoms with E-state index in [1.165, 1.54) is 6.21 Å². The van der Waals surface area contributed by atoms with E-state index in [1.807, 2.05) is 42.5 Å². The van der Waals surface area contributed by atoms with Gasteiger partial charge in [-0.1, -0.05) is 29.8 Å². The number of hydrogen-bond donors (Lipinski definition) is 1. The molecule has 0 fully saturated rings. The number of rotatable bonds is 3. The van der Waals surface area contributed by atoms with Crippen LogP contribution in [0.25, 0.3) is 11.3 Å². The summed E-state index contributed by atoms with van der Waals surface area (Å²) >= 11 is 5.88. The van der Waals surface area contributed by atoms with Crippen molar-refractivity contribution in [1.82, 2.24) is 0 Å². The monoisotopic (exact) mass is 349 g/mol. The van der Waals surface area contributed by atoms with Gasteiger partial charge in [0, 0.05) is 16.1 Å². The molecule has 2 aromatic carbocycles. The summed E-state index contributed by atoms with van der Waals surface area (Å²) in [6.07, 6.45) is 1.47. The number of benzene rings is 2. The minimum atomic E-state index is -0.264. The summed E-state index contributed by atoms with van der Waals surface area (Å²) in [5, 5.41) is 11.4. The van der Waals surface area contributed by atoms with Gasteiger partial charge in [-0.15, -0.1) is 5.10 Å².